The molecule has 0 N–H and O–H groups in total. The van der Waals surface area contributed by atoms with Gasteiger partial charge in [0.1, 0.15) is 5.75 Å². The normalized spacial score (nSPS) is 10.1. The van der Waals surface area contributed by atoms with Crippen LogP contribution in [0.15, 0.2) is 18.2 Å². The van der Waals surface area contributed by atoms with Crippen LogP contribution in [0.3, 0.4) is 0 Å². The molecule has 0 atom stereocenters. The molecule has 0 saturated heterocycles. The second-order valence-corrected chi connectivity index (χ2v) is 5.28. The van der Waals surface area contributed by atoms with E-state index in [1.165, 1.54) is 32.4 Å². The fourth-order valence-corrected chi connectivity index (χ4v) is 2.51. The van der Waals surface area contributed by atoms with Crippen LogP contribution in [0.4, 0.5) is 0 Å². The van der Waals surface area contributed by atoms with Gasteiger partial charge in [0, 0.05) is 0 Å². The van der Waals surface area contributed by atoms with Gasteiger partial charge in [-0.1, -0.05) is 11.4 Å². The Kier molecular flexibility index (Phi) is 5.59. The number of hydrogen-bond donors (Lipinski definition) is 0. The van der Waals surface area contributed by atoms with E-state index < -0.39 is 17.9 Å². The number of aryl methyl sites for hydroxylation is 1. The average Bonchev–Trinajstić information content (AvgIpc) is 3.08. The van der Waals surface area contributed by atoms with Crippen LogP contribution < -0.4 is 4.74 Å². The number of hydrogen-bond acceptors (Lipinski definition) is 9. The molecule has 126 valence electrons. The van der Waals surface area contributed by atoms with Gasteiger partial charge in [-0.2, -0.15) is 0 Å². The highest BCUT2D eigenvalue weighted by atomic mass is 32.1. The number of nitrogens with zero attached hydrogens (tertiary/aromatic N) is 2. The average molecular weight is 350 g/mol. The predicted molar refractivity (Wildman–Crippen MR) is 83.4 cm³/mol. The molecule has 0 amide bonds. The predicted octanol–water partition coefficient (Wildman–Crippen LogP) is 1.89. The number of rotatable bonds is 5. The molecule has 0 aliphatic carbocycles. The van der Waals surface area contributed by atoms with Gasteiger partial charge < -0.3 is 14.2 Å². The lowest BCUT2D eigenvalue weighted by atomic mass is 10.1. The molecule has 0 radical (unpaired) electrons. The van der Waals surface area contributed by atoms with Gasteiger partial charge in [-0.15, -0.1) is 5.10 Å². The summed E-state index contributed by atoms with van der Waals surface area (Å²) in [6.07, 6.45) is 0.524. The summed E-state index contributed by atoms with van der Waals surface area (Å²) in [5.41, 5.74) is 0.630. The summed E-state index contributed by atoms with van der Waals surface area (Å²) in [6, 6.07) is 3.90. The third-order valence-corrected chi connectivity index (χ3v) is 3.78. The standard InChI is InChI=1S/C15H14N2O6S/c1-4-11-12(24-17-16-11)15(20)23-10-6-8(13(18)21-2)5-9(7-10)14(19)22-3/h5-7H,4H2,1-3H3. The Morgan fingerprint density at radius 1 is 1.00 bits per heavy atom. The fourth-order valence-electron chi connectivity index (χ4n) is 1.88. The molecule has 1 heterocycles. The summed E-state index contributed by atoms with van der Waals surface area (Å²) >= 11 is 0.913. The quantitative estimate of drug-likeness (QED) is 0.595. The zero-order valence-corrected chi connectivity index (χ0v) is 14.0. The van der Waals surface area contributed by atoms with Gasteiger partial charge in [-0.25, -0.2) is 14.4 Å². The van der Waals surface area contributed by atoms with E-state index in [2.05, 4.69) is 19.1 Å². The monoisotopic (exact) mass is 350 g/mol. The Balaban J connectivity index is 2.36. The van der Waals surface area contributed by atoms with Crippen molar-refractivity contribution in [2.45, 2.75) is 13.3 Å². The Morgan fingerprint density at radius 2 is 1.58 bits per heavy atom. The molecule has 9 heteroatoms. The molecule has 8 nitrogen and oxygen atoms in total. The Hall–Kier alpha value is -2.81. The van der Waals surface area contributed by atoms with Crippen molar-refractivity contribution in [2.24, 2.45) is 0 Å². The van der Waals surface area contributed by atoms with Crippen LogP contribution >= 0.6 is 11.5 Å². The fraction of sp³-hybridized carbons (Fsp3) is 0.267. The summed E-state index contributed by atoms with van der Waals surface area (Å²) in [5, 5.41) is 3.83. The molecule has 2 rings (SSSR count). The second-order valence-electron chi connectivity index (χ2n) is 4.52. The number of aromatic nitrogens is 2. The van der Waals surface area contributed by atoms with Gasteiger partial charge >= 0.3 is 17.9 Å². The van der Waals surface area contributed by atoms with Crippen molar-refractivity contribution in [3.05, 3.63) is 39.9 Å². The van der Waals surface area contributed by atoms with Crippen LogP contribution in [-0.2, 0) is 15.9 Å². The highest BCUT2D eigenvalue weighted by molar-refractivity contribution is 7.07. The highest BCUT2D eigenvalue weighted by Crippen LogP contribution is 2.21. The molecule has 1 aromatic carbocycles. The Bertz CT molecular complexity index is 752. The first kappa shape index (κ1) is 17.5. The summed E-state index contributed by atoms with van der Waals surface area (Å²) in [7, 11) is 2.41. The van der Waals surface area contributed by atoms with E-state index in [-0.39, 0.29) is 21.8 Å². The van der Waals surface area contributed by atoms with Gasteiger partial charge in [0.2, 0.25) is 0 Å². The van der Waals surface area contributed by atoms with Crippen molar-refractivity contribution in [2.75, 3.05) is 14.2 Å². The van der Waals surface area contributed by atoms with Crippen molar-refractivity contribution < 1.29 is 28.6 Å². The van der Waals surface area contributed by atoms with E-state index in [1.54, 1.807) is 0 Å². The lowest BCUT2D eigenvalue weighted by Gasteiger charge is -2.08. The van der Waals surface area contributed by atoms with Crippen LogP contribution in [0.5, 0.6) is 5.75 Å². The first-order chi connectivity index (χ1) is 11.5. The summed E-state index contributed by atoms with van der Waals surface area (Å²) < 4.78 is 18.2. The van der Waals surface area contributed by atoms with Crippen LogP contribution in [-0.4, -0.2) is 41.7 Å². The van der Waals surface area contributed by atoms with Crippen LogP contribution in [0, 0.1) is 0 Å². The van der Waals surface area contributed by atoms with Gasteiger partial charge in [-0.3, -0.25) is 0 Å². The summed E-state index contributed by atoms with van der Waals surface area (Å²) in [4.78, 5) is 35.9. The molecule has 0 spiro atoms. The highest BCUT2D eigenvalue weighted by Gasteiger charge is 2.20. The first-order valence-electron chi connectivity index (χ1n) is 6.85. The molecule has 2 aromatic rings. The second kappa shape index (κ2) is 7.64. The third kappa shape index (κ3) is 3.74. The molecular formula is C15H14N2O6S. The van der Waals surface area contributed by atoms with E-state index in [9.17, 15) is 14.4 Å². The van der Waals surface area contributed by atoms with E-state index in [1.807, 2.05) is 6.92 Å². The van der Waals surface area contributed by atoms with Crippen molar-refractivity contribution >= 4 is 29.4 Å². The minimum atomic E-state index is -0.674. The summed E-state index contributed by atoms with van der Waals surface area (Å²) in [5.74, 6) is -2.00. The van der Waals surface area contributed by atoms with Crippen molar-refractivity contribution in [3.8, 4) is 5.75 Å². The summed E-state index contributed by atoms with van der Waals surface area (Å²) in [6.45, 7) is 1.83. The molecule has 0 bridgehead atoms. The van der Waals surface area contributed by atoms with Crippen molar-refractivity contribution in [1.29, 1.82) is 0 Å². The lowest BCUT2D eigenvalue weighted by molar-refractivity contribution is 0.0593. The molecule has 0 fully saturated rings. The lowest BCUT2D eigenvalue weighted by Crippen LogP contribution is -2.12. The number of carbonyl (C=O) groups excluding carboxylic acids is 3. The van der Waals surface area contributed by atoms with E-state index in [4.69, 9.17) is 4.74 Å². The van der Waals surface area contributed by atoms with Gasteiger partial charge in [0.05, 0.1) is 31.0 Å². The maximum Gasteiger partial charge on any atom is 0.357 e. The van der Waals surface area contributed by atoms with Gasteiger partial charge in [-0.05, 0) is 36.2 Å². The molecule has 24 heavy (non-hydrogen) atoms. The topological polar surface area (TPSA) is 105 Å². The van der Waals surface area contributed by atoms with Crippen molar-refractivity contribution in [1.82, 2.24) is 9.59 Å². The van der Waals surface area contributed by atoms with E-state index >= 15 is 0 Å². The number of carbonyl (C=O) groups is 3. The zero-order chi connectivity index (χ0) is 17.7. The molecule has 0 aliphatic rings. The number of benzene rings is 1. The smallest absolute Gasteiger partial charge is 0.357 e. The number of ether oxygens (including phenoxy) is 3. The molecule has 1 aromatic heterocycles. The Labute approximate surface area is 141 Å². The van der Waals surface area contributed by atoms with Gasteiger partial charge in [0.25, 0.3) is 0 Å². The van der Waals surface area contributed by atoms with Crippen LogP contribution in [0.1, 0.15) is 43.0 Å². The Morgan fingerprint density at radius 3 is 2.08 bits per heavy atom. The van der Waals surface area contributed by atoms with E-state index in [0.717, 1.165) is 11.5 Å². The zero-order valence-electron chi connectivity index (χ0n) is 13.2. The number of esters is 3. The maximum atomic E-state index is 12.2. The first-order valence-corrected chi connectivity index (χ1v) is 7.62. The molecule has 0 aliphatic heterocycles. The third-order valence-electron chi connectivity index (χ3n) is 3.04. The SMILES string of the molecule is CCc1nnsc1C(=O)Oc1cc(C(=O)OC)cc(C(=O)OC)c1. The molecule has 0 saturated carbocycles. The molecular weight excluding hydrogens is 336 g/mol. The largest absolute Gasteiger partial charge is 0.465 e. The van der Waals surface area contributed by atoms with Crippen LogP contribution in [0.2, 0.25) is 0 Å². The minimum absolute atomic E-state index is 0.0127. The number of methoxy groups -OCH3 is 2. The molecule has 0 unspecified atom stereocenters. The van der Waals surface area contributed by atoms with Crippen molar-refractivity contribution in [3.63, 3.8) is 0 Å². The maximum absolute atomic E-state index is 12.2. The van der Waals surface area contributed by atoms with Crippen LogP contribution in [0.25, 0.3) is 0 Å². The van der Waals surface area contributed by atoms with Gasteiger partial charge in [0.15, 0.2) is 4.88 Å². The van der Waals surface area contributed by atoms with E-state index in [0.29, 0.717) is 12.1 Å². The minimum Gasteiger partial charge on any atom is -0.465 e.